The van der Waals surface area contributed by atoms with E-state index in [1.165, 1.54) is 18.2 Å². The molecule has 0 spiro atoms. The van der Waals surface area contributed by atoms with E-state index in [9.17, 15) is 20.2 Å². The zero-order valence-electron chi connectivity index (χ0n) is 11.5. The van der Waals surface area contributed by atoms with Crippen LogP contribution in [0.2, 0.25) is 5.15 Å². The van der Waals surface area contributed by atoms with Crippen LogP contribution in [0.3, 0.4) is 0 Å². The number of aromatic nitrogens is 1. The van der Waals surface area contributed by atoms with Crippen molar-refractivity contribution in [2.24, 2.45) is 0 Å². The van der Waals surface area contributed by atoms with Gasteiger partial charge in [0.05, 0.1) is 20.9 Å². The highest BCUT2D eigenvalue weighted by Gasteiger charge is 2.25. The lowest BCUT2D eigenvalue weighted by Crippen LogP contribution is -1.98. The summed E-state index contributed by atoms with van der Waals surface area (Å²) in [5, 5.41) is 22.5. The summed E-state index contributed by atoms with van der Waals surface area (Å²) in [5.74, 6) is 0. The lowest BCUT2D eigenvalue weighted by Gasteiger charge is -2.09. The minimum atomic E-state index is -0.629. The minimum absolute atomic E-state index is 0.173. The molecule has 0 unspecified atom stereocenters. The fraction of sp³-hybridized carbons (Fsp3) is 0. The molecule has 0 amide bonds. The number of pyridine rings is 1. The van der Waals surface area contributed by atoms with E-state index < -0.39 is 9.85 Å². The molecule has 0 aliphatic rings. The summed E-state index contributed by atoms with van der Waals surface area (Å²) in [5.41, 5.74) is 0.562. The van der Waals surface area contributed by atoms with Crippen molar-refractivity contribution >= 4 is 33.9 Å². The monoisotopic (exact) mass is 329 g/mol. The summed E-state index contributed by atoms with van der Waals surface area (Å²) in [6, 6.07) is 12.5. The van der Waals surface area contributed by atoms with Crippen LogP contribution in [0.25, 0.3) is 22.0 Å². The predicted molar refractivity (Wildman–Crippen MR) is 85.5 cm³/mol. The SMILES string of the molecule is O=[N+]([O-])c1ccc2nc(Cl)c([N+](=O)[O-])c(-c3ccccc3)c2c1. The first-order valence-corrected chi connectivity index (χ1v) is 6.84. The Morgan fingerprint density at radius 3 is 2.26 bits per heavy atom. The average molecular weight is 330 g/mol. The molecule has 0 atom stereocenters. The number of non-ortho nitro benzene ring substituents is 1. The van der Waals surface area contributed by atoms with Crippen LogP contribution in [-0.2, 0) is 0 Å². The fourth-order valence-electron chi connectivity index (χ4n) is 2.39. The van der Waals surface area contributed by atoms with E-state index in [2.05, 4.69) is 4.98 Å². The van der Waals surface area contributed by atoms with Gasteiger partial charge in [-0.15, -0.1) is 0 Å². The Balaban J connectivity index is 2.48. The van der Waals surface area contributed by atoms with Gasteiger partial charge in [0.15, 0.2) is 0 Å². The number of fused-ring (bicyclic) bond motifs is 1. The number of nitrogens with zero attached hydrogens (tertiary/aromatic N) is 3. The maximum atomic E-state index is 11.4. The molecule has 0 saturated heterocycles. The lowest BCUT2D eigenvalue weighted by atomic mass is 9.99. The van der Waals surface area contributed by atoms with E-state index in [-0.39, 0.29) is 22.1 Å². The third-order valence-corrected chi connectivity index (χ3v) is 3.62. The van der Waals surface area contributed by atoms with Gasteiger partial charge in [0.1, 0.15) is 0 Å². The van der Waals surface area contributed by atoms with Crippen molar-refractivity contribution in [3.8, 4) is 11.1 Å². The predicted octanol–water partition coefficient (Wildman–Crippen LogP) is 4.37. The van der Waals surface area contributed by atoms with Crippen molar-refractivity contribution in [1.29, 1.82) is 0 Å². The smallest absolute Gasteiger partial charge is 0.258 e. The first kappa shape index (κ1) is 14.9. The molecule has 0 saturated carbocycles. The lowest BCUT2D eigenvalue weighted by molar-refractivity contribution is -0.384. The molecular formula is C15H8ClN3O4. The van der Waals surface area contributed by atoms with Crippen molar-refractivity contribution in [3.63, 3.8) is 0 Å². The average Bonchev–Trinajstić information content (AvgIpc) is 2.53. The van der Waals surface area contributed by atoms with Gasteiger partial charge < -0.3 is 0 Å². The van der Waals surface area contributed by atoms with Gasteiger partial charge in [0.25, 0.3) is 5.69 Å². The van der Waals surface area contributed by atoms with Crippen molar-refractivity contribution in [2.45, 2.75) is 0 Å². The molecule has 7 nitrogen and oxygen atoms in total. The molecule has 0 radical (unpaired) electrons. The van der Waals surface area contributed by atoms with Crippen LogP contribution in [-0.4, -0.2) is 14.8 Å². The Morgan fingerprint density at radius 1 is 0.957 bits per heavy atom. The third-order valence-electron chi connectivity index (χ3n) is 3.36. The second-order valence-electron chi connectivity index (χ2n) is 4.71. The Bertz CT molecular complexity index is 944. The van der Waals surface area contributed by atoms with Gasteiger partial charge in [-0.3, -0.25) is 20.2 Å². The molecule has 1 aromatic heterocycles. The Morgan fingerprint density at radius 2 is 1.65 bits per heavy atom. The fourth-order valence-corrected chi connectivity index (χ4v) is 2.64. The maximum Gasteiger partial charge on any atom is 0.314 e. The van der Waals surface area contributed by atoms with Crippen LogP contribution in [0, 0.1) is 20.2 Å². The second kappa shape index (κ2) is 5.62. The molecule has 3 rings (SSSR count). The summed E-state index contributed by atoms with van der Waals surface area (Å²) in [6.07, 6.45) is 0. The van der Waals surface area contributed by atoms with Crippen LogP contribution in [0.5, 0.6) is 0 Å². The molecular weight excluding hydrogens is 322 g/mol. The molecule has 2 aromatic carbocycles. The zero-order valence-corrected chi connectivity index (χ0v) is 12.2. The molecule has 114 valence electrons. The first-order chi connectivity index (χ1) is 11.0. The topological polar surface area (TPSA) is 99.2 Å². The molecule has 0 bridgehead atoms. The molecule has 1 heterocycles. The van der Waals surface area contributed by atoms with Gasteiger partial charge in [0.2, 0.25) is 5.15 Å². The van der Waals surface area contributed by atoms with Crippen molar-refractivity contribution < 1.29 is 9.85 Å². The Kier molecular flexibility index (Phi) is 3.63. The van der Waals surface area contributed by atoms with Crippen LogP contribution in [0.15, 0.2) is 48.5 Å². The number of nitro benzene ring substituents is 1. The highest BCUT2D eigenvalue weighted by atomic mass is 35.5. The van der Waals surface area contributed by atoms with Crippen molar-refractivity contribution in [3.05, 3.63) is 73.9 Å². The van der Waals surface area contributed by atoms with Crippen LogP contribution in [0.1, 0.15) is 0 Å². The van der Waals surface area contributed by atoms with Gasteiger partial charge >= 0.3 is 5.69 Å². The summed E-state index contributed by atoms with van der Waals surface area (Å²) in [7, 11) is 0. The Labute approximate surface area is 134 Å². The second-order valence-corrected chi connectivity index (χ2v) is 5.07. The van der Waals surface area contributed by atoms with Gasteiger partial charge in [-0.1, -0.05) is 41.9 Å². The molecule has 0 aliphatic heterocycles. The summed E-state index contributed by atoms with van der Waals surface area (Å²) < 4.78 is 0. The third kappa shape index (κ3) is 2.58. The molecule has 0 fully saturated rings. The zero-order chi connectivity index (χ0) is 16.6. The van der Waals surface area contributed by atoms with E-state index in [1.807, 2.05) is 0 Å². The van der Waals surface area contributed by atoms with Gasteiger partial charge in [-0.2, -0.15) is 0 Å². The Hall–Kier alpha value is -3.06. The van der Waals surface area contributed by atoms with Crippen molar-refractivity contribution in [1.82, 2.24) is 4.98 Å². The van der Waals surface area contributed by atoms with Crippen LogP contribution < -0.4 is 0 Å². The van der Waals surface area contributed by atoms with E-state index >= 15 is 0 Å². The normalized spacial score (nSPS) is 10.7. The number of halogens is 1. The van der Waals surface area contributed by atoms with E-state index in [1.54, 1.807) is 30.3 Å². The molecule has 0 N–H and O–H groups in total. The van der Waals surface area contributed by atoms with E-state index in [0.29, 0.717) is 16.5 Å². The number of nitro groups is 2. The van der Waals surface area contributed by atoms with Gasteiger partial charge in [0, 0.05) is 17.5 Å². The largest absolute Gasteiger partial charge is 0.314 e. The van der Waals surface area contributed by atoms with Crippen molar-refractivity contribution in [2.75, 3.05) is 0 Å². The maximum absolute atomic E-state index is 11.4. The summed E-state index contributed by atoms with van der Waals surface area (Å²) >= 11 is 5.97. The van der Waals surface area contributed by atoms with E-state index in [4.69, 9.17) is 11.6 Å². The quantitative estimate of drug-likeness (QED) is 0.403. The molecule has 23 heavy (non-hydrogen) atoms. The number of rotatable bonds is 3. The van der Waals surface area contributed by atoms with Gasteiger partial charge in [-0.25, -0.2) is 4.98 Å². The number of hydrogen-bond acceptors (Lipinski definition) is 5. The van der Waals surface area contributed by atoms with Gasteiger partial charge in [-0.05, 0) is 11.6 Å². The first-order valence-electron chi connectivity index (χ1n) is 6.46. The standard InChI is InChI=1S/C15H8ClN3O4/c16-15-14(19(22)23)13(9-4-2-1-3-5-9)11-8-10(18(20)21)6-7-12(11)17-15/h1-8H. The molecule has 0 aliphatic carbocycles. The minimum Gasteiger partial charge on any atom is -0.258 e. The molecule has 3 aromatic rings. The van der Waals surface area contributed by atoms with Crippen LogP contribution >= 0.6 is 11.6 Å². The highest BCUT2D eigenvalue weighted by Crippen LogP contribution is 2.41. The number of hydrogen-bond donors (Lipinski definition) is 0. The summed E-state index contributed by atoms with van der Waals surface area (Å²) in [4.78, 5) is 25.2. The van der Waals surface area contributed by atoms with Crippen LogP contribution in [0.4, 0.5) is 11.4 Å². The number of benzene rings is 2. The highest BCUT2D eigenvalue weighted by molar-refractivity contribution is 6.33. The molecule has 8 heteroatoms. The summed E-state index contributed by atoms with van der Waals surface area (Å²) in [6.45, 7) is 0. The van der Waals surface area contributed by atoms with E-state index in [0.717, 1.165) is 0 Å².